The second kappa shape index (κ2) is 2.06. The van der Waals surface area contributed by atoms with E-state index in [4.69, 9.17) is 11.5 Å². The highest BCUT2D eigenvalue weighted by Gasteiger charge is 1.89. The topological polar surface area (TPSA) is 52.0 Å². The summed E-state index contributed by atoms with van der Waals surface area (Å²) in [5.74, 6) is 0. The molecule has 0 aliphatic heterocycles. The molecule has 0 fully saturated rings. The number of hydrogen-bond donors (Lipinski definition) is 2. The average Bonchev–Trinajstić information content (AvgIpc) is 1.84. The van der Waals surface area contributed by atoms with Gasteiger partial charge in [-0.2, -0.15) is 0 Å². The number of rotatable bonds is 0. The van der Waals surface area contributed by atoms with E-state index in [0.717, 1.165) is 10.4 Å². The van der Waals surface area contributed by atoms with E-state index in [1.54, 1.807) is 12.1 Å². The molecule has 4 N–H and O–H groups in total. The number of anilines is 2. The Kier molecular flexibility index (Phi) is 1.38. The Balaban J connectivity index is 3.59. The maximum atomic E-state index is 5.53. The molecule has 1 aromatic rings. The van der Waals surface area contributed by atoms with Gasteiger partial charge < -0.3 is 11.5 Å². The van der Waals surface area contributed by atoms with Gasteiger partial charge in [0.1, 0.15) is 0 Å². The first-order valence-corrected chi connectivity index (χ1v) is 2.94. The quantitative estimate of drug-likeness (QED) is 0.477. The van der Waals surface area contributed by atoms with E-state index in [-0.39, 0.29) is 0 Å². The van der Waals surface area contributed by atoms with Crippen molar-refractivity contribution in [2.24, 2.45) is 0 Å². The van der Waals surface area contributed by atoms with Crippen LogP contribution >= 0.6 is 0 Å². The van der Waals surface area contributed by atoms with Gasteiger partial charge in [-0.25, -0.2) is 0 Å². The molecule has 10 heavy (non-hydrogen) atoms. The van der Waals surface area contributed by atoms with E-state index in [1.165, 1.54) is 0 Å². The van der Waals surface area contributed by atoms with Gasteiger partial charge in [0.05, 0.1) is 0 Å². The van der Waals surface area contributed by atoms with Gasteiger partial charge in [-0.05, 0) is 22.6 Å². The minimum atomic E-state index is 0.638. The van der Waals surface area contributed by atoms with Gasteiger partial charge in [-0.1, -0.05) is 13.2 Å². The van der Waals surface area contributed by atoms with Gasteiger partial charge in [0.15, 0.2) is 0 Å². The lowest BCUT2D eigenvalue weighted by Crippen LogP contribution is -2.16. The van der Waals surface area contributed by atoms with E-state index >= 15 is 0 Å². The fourth-order valence-electron chi connectivity index (χ4n) is 0.727. The van der Waals surface area contributed by atoms with Crippen LogP contribution in [0.4, 0.5) is 11.4 Å². The van der Waals surface area contributed by atoms with Crippen LogP contribution in [-0.2, 0) is 0 Å². The Morgan fingerprint density at radius 3 is 1.50 bits per heavy atom. The Hall–Kier alpha value is -1.44. The standard InChI is InChI=1S/C8H10N2/c1-5-3-8(10)6(2)4-7(5)9/h3-4H,1-2,9-10H2. The van der Waals surface area contributed by atoms with Crippen LogP contribution in [0, 0.1) is 0 Å². The summed E-state index contributed by atoms with van der Waals surface area (Å²) < 4.78 is 0. The van der Waals surface area contributed by atoms with Crippen molar-refractivity contribution in [2.75, 3.05) is 11.5 Å². The van der Waals surface area contributed by atoms with E-state index in [2.05, 4.69) is 13.2 Å². The fourth-order valence-corrected chi connectivity index (χ4v) is 0.727. The van der Waals surface area contributed by atoms with E-state index < -0.39 is 0 Å². The zero-order valence-electron chi connectivity index (χ0n) is 5.72. The van der Waals surface area contributed by atoms with Crippen molar-refractivity contribution in [3.05, 3.63) is 22.6 Å². The van der Waals surface area contributed by atoms with Crippen LogP contribution in [0.1, 0.15) is 0 Å². The molecule has 0 aliphatic carbocycles. The summed E-state index contributed by atoms with van der Waals surface area (Å²) >= 11 is 0. The lowest BCUT2D eigenvalue weighted by Gasteiger charge is -1.96. The van der Waals surface area contributed by atoms with Crippen LogP contribution in [0.5, 0.6) is 0 Å². The molecule has 0 unspecified atom stereocenters. The molecule has 0 radical (unpaired) electrons. The largest absolute Gasteiger partial charge is 0.398 e. The molecule has 0 saturated heterocycles. The van der Waals surface area contributed by atoms with Crippen LogP contribution < -0.4 is 21.9 Å². The van der Waals surface area contributed by atoms with Crippen molar-refractivity contribution in [1.82, 2.24) is 0 Å². The van der Waals surface area contributed by atoms with Crippen molar-refractivity contribution < 1.29 is 0 Å². The van der Waals surface area contributed by atoms with Gasteiger partial charge in [-0.15, -0.1) is 0 Å². The predicted molar refractivity (Wildman–Crippen MR) is 45.6 cm³/mol. The SMILES string of the molecule is C=c1cc(N)c(=C)cc1N. The highest BCUT2D eigenvalue weighted by atomic mass is 14.6. The molecule has 0 saturated carbocycles. The summed E-state index contributed by atoms with van der Waals surface area (Å²) in [6.45, 7) is 7.38. The Bertz CT molecular complexity index is 305. The zero-order valence-corrected chi connectivity index (χ0v) is 5.72. The molecular formula is C8H10N2. The molecule has 0 heterocycles. The lowest BCUT2D eigenvalue weighted by molar-refractivity contribution is 1.55. The molecule has 0 spiro atoms. The van der Waals surface area contributed by atoms with Gasteiger partial charge >= 0.3 is 0 Å². The second-order valence-corrected chi connectivity index (χ2v) is 2.25. The number of benzene rings is 1. The fraction of sp³-hybridized carbons (Fsp3) is 0. The summed E-state index contributed by atoms with van der Waals surface area (Å²) in [6, 6.07) is 3.44. The third kappa shape index (κ3) is 0.957. The highest BCUT2D eigenvalue weighted by molar-refractivity contribution is 5.52. The lowest BCUT2D eigenvalue weighted by atomic mass is 10.2. The summed E-state index contributed by atoms with van der Waals surface area (Å²) in [5.41, 5.74) is 12.3. The highest BCUT2D eigenvalue weighted by Crippen LogP contribution is 1.90. The molecular weight excluding hydrogens is 124 g/mol. The van der Waals surface area contributed by atoms with Crippen molar-refractivity contribution in [3.63, 3.8) is 0 Å². The maximum Gasteiger partial charge on any atom is 0.0388 e. The van der Waals surface area contributed by atoms with E-state index in [0.29, 0.717) is 11.4 Å². The van der Waals surface area contributed by atoms with Gasteiger partial charge in [0.2, 0.25) is 0 Å². The molecule has 0 bridgehead atoms. The molecule has 0 atom stereocenters. The normalized spacial score (nSPS) is 9.60. The molecule has 0 aromatic heterocycles. The molecule has 52 valence electrons. The van der Waals surface area contributed by atoms with Gasteiger partial charge in [0.25, 0.3) is 0 Å². The first kappa shape index (κ1) is 6.68. The molecule has 0 amide bonds. The number of nitrogens with two attached hydrogens (primary N) is 2. The van der Waals surface area contributed by atoms with E-state index in [9.17, 15) is 0 Å². The van der Waals surface area contributed by atoms with Crippen molar-refractivity contribution in [1.29, 1.82) is 0 Å². The van der Waals surface area contributed by atoms with Crippen molar-refractivity contribution >= 4 is 24.5 Å². The van der Waals surface area contributed by atoms with E-state index in [1.807, 2.05) is 0 Å². The van der Waals surface area contributed by atoms with Gasteiger partial charge in [-0.3, -0.25) is 0 Å². The van der Waals surface area contributed by atoms with Crippen LogP contribution in [0.25, 0.3) is 13.2 Å². The van der Waals surface area contributed by atoms with Crippen molar-refractivity contribution in [2.45, 2.75) is 0 Å². The zero-order chi connectivity index (χ0) is 7.72. The van der Waals surface area contributed by atoms with Crippen LogP contribution in [0.15, 0.2) is 12.1 Å². The summed E-state index contributed by atoms with van der Waals surface area (Å²) in [5, 5.41) is 1.51. The number of nitrogen functional groups attached to an aromatic ring is 2. The molecule has 0 aliphatic rings. The Labute approximate surface area is 59.5 Å². The second-order valence-electron chi connectivity index (χ2n) is 2.25. The number of hydrogen-bond acceptors (Lipinski definition) is 2. The molecule has 2 heteroatoms. The third-order valence-corrected chi connectivity index (χ3v) is 1.40. The minimum Gasteiger partial charge on any atom is -0.398 e. The molecule has 1 aromatic carbocycles. The van der Waals surface area contributed by atoms with Gasteiger partial charge in [0, 0.05) is 11.4 Å². The molecule has 2 nitrogen and oxygen atoms in total. The third-order valence-electron chi connectivity index (χ3n) is 1.40. The monoisotopic (exact) mass is 134 g/mol. The smallest absolute Gasteiger partial charge is 0.0388 e. The minimum absolute atomic E-state index is 0.638. The predicted octanol–water partition coefficient (Wildman–Crippen LogP) is -0.328. The van der Waals surface area contributed by atoms with Crippen LogP contribution in [-0.4, -0.2) is 0 Å². The first-order chi connectivity index (χ1) is 4.61. The van der Waals surface area contributed by atoms with Crippen LogP contribution in [0.3, 0.4) is 0 Å². The van der Waals surface area contributed by atoms with Crippen LogP contribution in [0.2, 0.25) is 0 Å². The maximum absolute atomic E-state index is 5.53. The summed E-state index contributed by atoms with van der Waals surface area (Å²) in [4.78, 5) is 0. The summed E-state index contributed by atoms with van der Waals surface area (Å²) in [6.07, 6.45) is 0. The average molecular weight is 134 g/mol. The first-order valence-electron chi connectivity index (χ1n) is 2.94. The van der Waals surface area contributed by atoms with Crippen molar-refractivity contribution in [3.8, 4) is 0 Å². The Morgan fingerprint density at radius 1 is 0.900 bits per heavy atom. The Morgan fingerprint density at radius 2 is 1.20 bits per heavy atom. The molecule has 1 rings (SSSR count). The summed E-state index contributed by atoms with van der Waals surface area (Å²) in [7, 11) is 0.